The van der Waals surface area contributed by atoms with E-state index in [2.05, 4.69) is 20.6 Å². The standard InChI is InChI=1S/C10H15FN4/c1-3-13-10(12-2)7-15-9-5-4-8(11)6-14-9/h4-6H,3,7H2,1-2H3,(H,12,13)(H,14,15). The Hall–Kier alpha value is -1.65. The van der Waals surface area contributed by atoms with E-state index in [4.69, 9.17) is 0 Å². The van der Waals surface area contributed by atoms with Crippen LogP contribution >= 0.6 is 0 Å². The van der Waals surface area contributed by atoms with Gasteiger partial charge in [0, 0.05) is 13.6 Å². The smallest absolute Gasteiger partial charge is 0.141 e. The van der Waals surface area contributed by atoms with Crippen molar-refractivity contribution in [3.05, 3.63) is 24.1 Å². The molecule has 0 aliphatic carbocycles. The van der Waals surface area contributed by atoms with Crippen LogP contribution in [0.2, 0.25) is 0 Å². The molecule has 0 aliphatic rings. The number of nitrogens with one attached hydrogen (secondary N) is 2. The normalized spacial score (nSPS) is 11.3. The van der Waals surface area contributed by atoms with Crippen molar-refractivity contribution in [1.29, 1.82) is 0 Å². The third-order valence-corrected chi connectivity index (χ3v) is 1.80. The summed E-state index contributed by atoms with van der Waals surface area (Å²) in [5.74, 6) is 1.15. The fourth-order valence-corrected chi connectivity index (χ4v) is 1.07. The Morgan fingerprint density at radius 1 is 1.53 bits per heavy atom. The Bertz CT molecular complexity index is 321. The molecule has 1 aromatic rings. The third-order valence-electron chi connectivity index (χ3n) is 1.80. The first kappa shape index (κ1) is 11.4. The number of aliphatic imine (C=N–C) groups is 1. The molecular weight excluding hydrogens is 195 g/mol. The summed E-state index contributed by atoms with van der Waals surface area (Å²) < 4.78 is 12.5. The molecule has 0 bridgehead atoms. The Kier molecular flexibility index (Phi) is 4.53. The molecule has 0 spiro atoms. The number of rotatable bonds is 4. The van der Waals surface area contributed by atoms with E-state index in [-0.39, 0.29) is 5.82 Å². The predicted octanol–water partition coefficient (Wildman–Crippen LogP) is 1.27. The van der Waals surface area contributed by atoms with Crippen molar-refractivity contribution < 1.29 is 4.39 Å². The lowest BCUT2D eigenvalue weighted by atomic mass is 10.4. The molecule has 0 saturated carbocycles. The number of amidine groups is 1. The van der Waals surface area contributed by atoms with Crippen molar-refractivity contribution in [3.8, 4) is 0 Å². The zero-order valence-corrected chi connectivity index (χ0v) is 8.92. The van der Waals surface area contributed by atoms with Gasteiger partial charge in [0.15, 0.2) is 0 Å². The molecule has 1 rings (SSSR count). The summed E-state index contributed by atoms with van der Waals surface area (Å²) in [6.45, 7) is 3.26. The molecule has 5 heteroatoms. The molecule has 0 unspecified atom stereocenters. The van der Waals surface area contributed by atoms with Gasteiger partial charge >= 0.3 is 0 Å². The third kappa shape index (κ3) is 3.93. The fourth-order valence-electron chi connectivity index (χ4n) is 1.07. The van der Waals surface area contributed by atoms with Crippen LogP contribution in [0.3, 0.4) is 0 Å². The second-order valence-electron chi connectivity index (χ2n) is 2.89. The molecule has 1 heterocycles. The molecule has 82 valence electrons. The van der Waals surface area contributed by atoms with Gasteiger partial charge in [0.1, 0.15) is 17.5 Å². The van der Waals surface area contributed by atoms with Crippen LogP contribution in [-0.4, -0.2) is 31.0 Å². The van der Waals surface area contributed by atoms with Crippen molar-refractivity contribution in [2.45, 2.75) is 6.92 Å². The number of aromatic nitrogens is 1. The molecule has 0 saturated heterocycles. The minimum Gasteiger partial charge on any atom is -0.375 e. The highest BCUT2D eigenvalue weighted by Gasteiger charge is 1.97. The molecule has 2 N–H and O–H groups in total. The van der Waals surface area contributed by atoms with Crippen molar-refractivity contribution in [2.24, 2.45) is 4.99 Å². The lowest BCUT2D eigenvalue weighted by Crippen LogP contribution is -2.27. The summed E-state index contributed by atoms with van der Waals surface area (Å²) in [5, 5.41) is 6.01. The maximum Gasteiger partial charge on any atom is 0.141 e. The molecule has 0 radical (unpaired) electrons. The first-order valence-corrected chi connectivity index (χ1v) is 4.82. The van der Waals surface area contributed by atoms with E-state index >= 15 is 0 Å². The van der Waals surface area contributed by atoms with Gasteiger partial charge < -0.3 is 10.6 Å². The highest BCUT2D eigenvalue weighted by molar-refractivity contribution is 5.85. The Morgan fingerprint density at radius 2 is 2.33 bits per heavy atom. The van der Waals surface area contributed by atoms with Crippen molar-refractivity contribution in [2.75, 3.05) is 25.5 Å². The minimum atomic E-state index is -0.336. The molecule has 1 aromatic heterocycles. The van der Waals surface area contributed by atoms with E-state index in [0.717, 1.165) is 12.4 Å². The summed E-state index contributed by atoms with van der Waals surface area (Å²) in [7, 11) is 1.81. The van der Waals surface area contributed by atoms with Gasteiger partial charge in [0.05, 0.1) is 12.7 Å². The van der Waals surface area contributed by atoms with Crippen LogP contribution in [0.25, 0.3) is 0 Å². The average molecular weight is 210 g/mol. The van der Waals surface area contributed by atoms with Gasteiger partial charge in [-0.2, -0.15) is 0 Å². The summed E-state index contributed by atoms with van der Waals surface area (Å²) >= 11 is 0. The van der Waals surface area contributed by atoms with Gasteiger partial charge in [-0.3, -0.25) is 4.99 Å². The van der Waals surface area contributed by atoms with Crippen LogP contribution in [0.15, 0.2) is 23.3 Å². The van der Waals surface area contributed by atoms with Crippen molar-refractivity contribution >= 4 is 11.7 Å². The van der Waals surface area contributed by atoms with E-state index < -0.39 is 0 Å². The van der Waals surface area contributed by atoms with Crippen molar-refractivity contribution in [3.63, 3.8) is 0 Å². The summed E-state index contributed by atoms with van der Waals surface area (Å²) in [4.78, 5) is 8.09. The second kappa shape index (κ2) is 5.95. The molecule has 15 heavy (non-hydrogen) atoms. The van der Waals surface area contributed by atoms with Gasteiger partial charge in [0.25, 0.3) is 0 Å². The number of anilines is 1. The van der Waals surface area contributed by atoms with Crippen LogP contribution in [0.5, 0.6) is 0 Å². The summed E-state index contributed by atoms with van der Waals surface area (Å²) in [5.41, 5.74) is 0. The highest BCUT2D eigenvalue weighted by Crippen LogP contribution is 2.02. The van der Waals surface area contributed by atoms with E-state index in [9.17, 15) is 4.39 Å². The van der Waals surface area contributed by atoms with E-state index in [1.54, 1.807) is 6.07 Å². The van der Waals surface area contributed by atoms with Crippen molar-refractivity contribution in [1.82, 2.24) is 10.3 Å². The second-order valence-corrected chi connectivity index (χ2v) is 2.89. The highest BCUT2D eigenvalue weighted by atomic mass is 19.1. The number of pyridine rings is 1. The van der Waals surface area contributed by atoms with Gasteiger partial charge in [-0.25, -0.2) is 9.37 Å². The maximum absolute atomic E-state index is 12.5. The molecule has 0 aliphatic heterocycles. The predicted molar refractivity (Wildman–Crippen MR) is 59.7 cm³/mol. The lowest BCUT2D eigenvalue weighted by Gasteiger charge is -2.07. The van der Waals surface area contributed by atoms with E-state index in [0.29, 0.717) is 12.4 Å². The van der Waals surface area contributed by atoms with E-state index in [1.807, 2.05) is 14.0 Å². The Labute approximate surface area is 88.6 Å². The maximum atomic E-state index is 12.5. The largest absolute Gasteiger partial charge is 0.375 e. The first-order valence-electron chi connectivity index (χ1n) is 4.82. The Balaban J connectivity index is 2.49. The molecule has 4 nitrogen and oxygen atoms in total. The van der Waals surface area contributed by atoms with Gasteiger partial charge in [0.2, 0.25) is 0 Å². The molecule has 0 amide bonds. The van der Waals surface area contributed by atoms with Gasteiger partial charge in [-0.05, 0) is 19.1 Å². The molecule has 0 aromatic carbocycles. The number of nitrogens with zero attached hydrogens (tertiary/aromatic N) is 2. The number of hydrogen-bond donors (Lipinski definition) is 2. The zero-order chi connectivity index (χ0) is 11.1. The fraction of sp³-hybridized carbons (Fsp3) is 0.400. The molecule has 0 atom stereocenters. The molecule has 0 fully saturated rings. The average Bonchev–Trinajstić information content (AvgIpc) is 2.26. The lowest BCUT2D eigenvalue weighted by molar-refractivity contribution is 0.622. The minimum absolute atomic E-state index is 0.336. The van der Waals surface area contributed by atoms with Crippen LogP contribution < -0.4 is 10.6 Å². The molecular formula is C10H15FN4. The number of halogens is 1. The summed E-state index contributed by atoms with van der Waals surface area (Å²) in [6.07, 6.45) is 1.18. The van der Waals surface area contributed by atoms with Gasteiger partial charge in [-0.1, -0.05) is 0 Å². The van der Waals surface area contributed by atoms with Crippen LogP contribution in [0.1, 0.15) is 6.92 Å². The van der Waals surface area contributed by atoms with Gasteiger partial charge in [-0.15, -0.1) is 0 Å². The first-order chi connectivity index (χ1) is 7.26. The monoisotopic (exact) mass is 210 g/mol. The Morgan fingerprint density at radius 3 is 2.87 bits per heavy atom. The number of hydrogen-bond acceptors (Lipinski definition) is 3. The quantitative estimate of drug-likeness (QED) is 0.581. The topological polar surface area (TPSA) is 49.3 Å². The number of likely N-dealkylation sites (N-methyl/N-ethyl adjacent to an activating group) is 1. The van der Waals surface area contributed by atoms with E-state index in [1.165, 1.54) is 12.3 Å². The van der Waals surface area contributed by atoms with Crippen LogP contribution in [-0.2, 0) is 0 Å². The van der Waals surface area contributed by atoms with Crippen LogP contribution in [0.4, 0.5) is 10.2 Å². The summed E-state index contributed by atoms with van der Waals surface area (Å²) in [6, 6.07) is 2.96. The van der Waals surface area contributed by atoms with Crippen LogP contribution in [0, 0.1) is 5.82 Å². The zero-order valence-electron chi connectivity index (χ0n) is 8.92. The SMILES string of the molecule is CC/N=C(/CNc1ccc(F)cn1)NC.